The maximum Gasteiger partial charge on any atom is 0.223 e. The summed E-state index contributed by atoms with van der Waals surface area (Å²) in [5.74, 6) is 1.22. The topological polar surface area (TPSA) is 29.1 Å². The molecule has 2 nitrogen and oxygen atoms in total. The SMILES string of the molecule is CC1CC1C(=O)NC1(CBr)CC1. The molecule has 0 radical (unpaired) electrons. The molecular formula is C9H14BrNO. The first kappa shape index (κ1) is 8.54. The van der Waals surface area contributed by atoms with Gasteiger partial charge in [-0.2, -0.15) is 0 Å². The first-order valence-corrected chi connectivity index (χ1v) is 5.67. The normalized spacial score (nSPS) is 35.8. The van der Waals surface area contributed by atoms with Gasteiger partial charge in [-0.25, -0.2) is 0 Å². The van der Waals surface area contributed by atoms with E-state index in [1.165, 1.54) is 0 Å². The zero-order valence-electron chi connectivity index (χ0n) is 7.27. The van der Waals surface area contributed by atoms with Gasteiger partial charge in [0.15, 0.2) is 0 Å². The molecule has 2 atom stereocenters. The van der Waals surface area contributed by atoms with Gasteiger partial charge in [0.2, 0.25) is 5.91 Å². The predicted octanol–water partition coefficient (Wildman–Crippen LogP) is 1.69. The molecule has 68 valence electrons. The molecule has 2 unspecified atom stereocenters. The summed E-state index contributed by atoms with van der Waals surface area (Å²) in [5, 5.41) is 4.03. The highest BCUT2D eigenvalue weighted by Gasteiger charge is 2.47. The number of halogens is 1. The lowest BCUT2D eigenvalue weighted by Crippen LogP contribution is -2.39. The summed E-state index contributed by atoms with van der Waals surface area (Å²) in [6, 6.07) is 0. The zero-order valence-corrected chi connectivity index (χ0v) is 8.86. The minimum Gasteiger partial charge on any atom is -0.350 e. The number of hydrogen-bond acceptors (Lipinski definition) is 1. The van der Waals surface area contributed by atoms with Crippen LogP contribution in [-0.2, 0) is 4.79 Å². The van der Waals surface area contributed by atoms with Crippen LogP contribution in [0.5, 0.6) is 0 Å². The monoisotopic (exact) mass is 231 g/mol. The summed E-state index contributed by atoms with van der Waals surface area (Å²) in [5.41, 5.74) is 0.138. The van der Waals surface area contributed by atoms with Crippen LogP contribution in [-0.4, -0.2) is 16.8 Å². The molecule has 12 heavy (non-hydrogen) atoms. The van der Waals surface area contributed by atoms with Crippen molar-refractivity contribution in [2.75, 3.05) is 5.33 Å². The molecule has 0 aromatic carbocycles. The Morgan fingerprint density at radius 3 is 2.58 bits per heavy atom. The lowest BCUT2D eigenvalue weighted by molar-refractivity contribution is -0.123. The molecule has 3 heteroatoms. The standard InChI is InChI=1S/C9H14BrNO/c1-6-4-7(6)8(12)11-9(5-10)2-3-9/h6-7H,2-5H2,1H3,(H,11,12). The van der Waals surface area contributed by atoms with Crippen molar-refractivity contribution in [1.82, 2.24) is 5.32 Å². The fourth-order valence-electron chi connectivity index (χ4n) is 1.48. The Kier molecular flexibility index (Phi) is 1.94. The van der Waals surface area contributed by atoms with Gasteiger partial charge in [-0.1, -0.05) is 22.9 Å². The first-order valence-electron chi connectivity index (χ1n) is 4.55. The largest absolute Gasteiger partial charge is 0.350 e. The van der Waals surface area contributed by atoms with Crippen molar-refractivity contribution in [1.29, 1.82) is 0 Å². The second-order valence-corrected chi connectivity index (χ2v) is 4.78. The molecule has 0 aliphatic heterocycles. The second kappa shape index (κ2) is 2.72. The van der Waals surface area contributed by atoms with E-state index in [9.17, 15) is 4.79 Å². The van der Waals surface area contributed by atoms with Crippen LogP contribution in [0.4, 0.5) is 0 Å². The fraction of sp³-hybridized carbons (Fsp3) is 0.889. The van der Waals surface area contributed by atoms with Crippen LogP contribution >= 0.6 is 15.9 Å². The number of nitrogens with one attached hydrogen (secondary N) is 1. The van der Waals surface area contributed by atoms with Crippen LogP contribution < -0.4 is 5.32 Å². The van der Waals surface area contributed by atoms with Crippen LogP contribution in [0.15, 0.2) is 0 Å². The van der Waals surface area contributed by atoms with Crippen molar-refractivity contribution in [3.63, 3.8) is 0 Å². The van der Waals surface area contributed by atoms with E-state index in [2.05, 4.69) is 28.2 Å². The average Bonchev–Trinajstić information content (AvgIpc) is 2.89. The van der Waals surface area contributed by atoms with E-state index in [4.69, 9.17) is 0 Å². The molecule has 1 amide bonds. The fourth-order valence-corrected chi connectivity index (χ4v) is 2.19. The summed E-state index contributed by atoms with van der Waals surface area (Å²) in [6.07, 6.45) is 3.38. The molecule has 2 fully saturated rings. The molecule has 1 N–H and O–H groups in total. The Labute approximate surface area is 81.2 Å². The summed E-state index contributed by atoms with van der Waals surface area (Å²) < 4.78 is 0. The van der Waals surface area contributed by atoms with Crippen molar-refractivity contribution in [3.05, 3.63) is 0 Å². The number of rotatable bonds is 3. The van der Waals surface area contributed by atoms with Gasteiger partial charge >= 0.3 is 0 Å². The van der Waals surface area contributed by atoms with E-state index >= 15 is 0 Å². The van der Waals surface area contributed by atoms with E-state index in [-0.39, 0.29) is 11.4 Å². The third kappa shape index (κ3) is 1.51. The molecule has 0 bridgehead atoms. The van der Waals surface area contributed by atoms with Crippen molar-refractivity contribution < 1.29 is 4.79 Å². The van der Waals surface area contributed by atoms with E-state index in [1.807, 2.05) is 0 Å². The molecule has 0 spiro atoms. The summed E-state index contributed by atoms with van der Waals surface area (Å²) in [4.78, 5) is 11.5. The van der Waals surface area contributed by atoms with Gasteiger partial charge in [-0.3, -0.25) is 4.79 Å². The summed E-state index contributed by atoms with van der Waals surface area (Å²) in [6.45, 7) is 2.14. The maximum absolute atomic E-state index is 11.5. The zero-order chi connectivity index (χ0) is 8.77. The Morgan fingerprint density at radius 1 is 1.67 bits per heavy atom. The molecule has 0 heterocycles. The quantitative estimate of drug-likeness (QED) is 0.737. The number of alkyl halides is 1. The van der Waals surface area contributed by atoms with Gasteiger partial charge in [0.1, 0.15) is 0 Å². The smallest absolute Gasteiger partial charge is 0.223 e. The summed E-state index contributed by atoms with van der Waals surface area (Å²) in [7, 11) is 0. The second-order valence-electron chi connectivity index (χ2n) is 4.22. The van der Waals surface area contributed by atoms with Crippen molar-refractivity contribution in [2.45, 2.75) is 31.7 Å². The number of carbonyl (C=O) groups is 1. The van der Waals surface area contributed by atoms with E-state index in [0.717, 1.165) is 24.6 Å². The molecule has 2 saturated carbocycles. The van der Waals surface area contributed by atoms with Crippen molar-refractivity contribution in [2.24, 2.45) is 11.8 Å². The van der Waals surface area contributed by atoms with E-state index in [0.29, 0.717) is 11.8 Å². The molecule has 2 aliphatic rings. The molecular weight excluding hydrogens is 218 g/mol. The Bertz CT molecular complexity index is 213. The van der Waals surface area contributed by atoms with Gasteiger partial charge in [0.25, 0.3) is 0 Å². The predicted molar refractivity (Wildman–Crippen MR) is 51.2 cm³/mol. The maximum atomic E-state index is 11.5. The van der Waals surface area contributed by atoms with Crippen LogP contribution in [0.3, 0.4) is 0 Å². The van der Waals surface area contributed by atoms with Crippen molar-refractivity contribution in [3.8, 4) is 0 Å². The minimum absolute atomic E-state index is 0.138. The lowest BCUT2D eigenvalue weighted by Gasteiger charge is -2.13. The van der Waals surface area contributed by atoms with Crippen LogP contribution in [0.25, 0.3) is 0 Å². The van der Waals surface area contributed by atoms with E-state index < -0.39 is 0 Å². The lowest BCUT2D eigenvalue weighted by atomic mass is 10.2. The van der Waals surface area contributed by atoms with Crippen molar-refractivity contribution >= 4 is 21.8 Å². The van der Waals surface area contributed by atoms with E-state index in [1.54, 1.807) is 0 Å². The minimum atomic E-state index is 0.138. The Hall–Kier alpha value is -0.0500. The van der Waals surface area contributed by atoms with Gasteiger partial charge in [0, 0.05) is 16.8 Å². The number of hydrogen-bond donors (Lipinski definition) is 1. The van der Waals surface area contributed by atoms with Gasteiger partial charge in [0.05, 0.1) is 0 Å². The highest BCUT2D eigenvalue weighted by Crippen LogP contribution is 2.41. The molecule has 0 aromatic heterocycles. The highest BCUT2D eigenvalue weighted by atomic mass is 79.9. The Balaban J connectivity index is 1.83. The molecule has 0 saturated heterocycles. The third-order valence-electron chi connectivity index (χ3n) is 2.94. The molecule has 2 rings (SSSR count). The average molecular weight is 232 g/mol. The number of amides is 1. The first-order chi connectivity index (χ1) is 5.67. The number of carbonyl (C=O) groups excluding carboxylic acids is 1. The molecule has 2 aliphatic carbocycles. The molecule has 0 aromatic rings. The van der Waals surface area contributed by atoms with Gasteiger partial charge < -0.3 is 5.32 Å². The third-order valence-corrected chi connectivity index (χ3v) is 4.02. The Morgan fingerprint density at radius 2 is 2.25 bits per heavy atom. The van der Waals surface area contributed by atoms with Crippen LogP contribution in [0.2, 0.25) is 0 Å². The van der Waals surface area contributed by atoms with Crippen LogP contribution in [0, 0.1) is 11.8 Å². The summed E-state index contributed by atoms with van der Waals surface area (Å²) >= 11 is 3.43. The van der Waals surface area contributed by atoms with Gasteiger partial charge in [-0.05, 0) is 25.2 Å². The highest BCUT2D eigenvalue weighted by molar-refractivity contribution is 9.09. The van der Waals surface area contributed by atoms with Crippen LogP contribution in [0.1, 0.15) is 26.2 Å². The van der Waals surface area contributed by atoms with Gasteiger partial charge in [-0.15, -0.1) is 0 Å².